The van der Waals surface area contributed by atoms with Gasteiger partial charge in [-0.1, -0.05) is 53.0 Å². The fraction of sp³-hybridized carbons (Fsp3) is 0.0833. The molecule has 2 aromatic rings. The summed E-state index contributed by atoms with van der Waals surface area (Å²) in [5.41, 5.74) is -1.30. The predicted molar refractivity (Wildman–Crippen MR) is 84.3 cm³/mol. The molecule has 0 N–H and O–H groups in total. The summed E-state index contributed by atoms with van der Waals surface area (Å²) < 4.78 is -0.118. The molecule has 0 saturated carbocycles. The Morgan fingerprint density at radius 1 is 1.14 bits per heavy atom. The third-order valence-corrected chi connectivity index (χ3v) is 3.74. The Hall–Kier alpha value is -1.39. The molecule has 5 nitrogen and oxygen atoms in total. The van der Waals surface area contributed by atoms with E-state index in [0.717, 1.165) is 10.8 Å². The largest absolute Gasteiger partial charge is 0.346 e. The highest BCUT2D eigenvalue weighted by atomic mass is 35.6. The first-order chi connectivity index (χ1) is 9.83. The molecule has 9 heteroatoms. The van der Waals surface area contributed by atoms with E-state index in [-0.39, 0.29) is 5.56 Å². The summed E-state index contributed by atoms with van der Waals surface area (Å²) >= 11 is 17.2. The van der Waals surface area contributed by atoms with Crippen LogP contribution in [0.3, 0.4) is 0 Å². The predicted octanol–water partition coefficient (Wildman–Crippen LogP) is 2.69. The van der Waals surface area contributed by atoms with E-state index in [9.17, 15) is 9.59 Å². The van der Waals surface area contributed by atoms with Crippen molar-refractivity contribution in [2.24, 2.45) is 0 Å². The van der Waals surface area contributed by atoms with Crippen molar-refractivity contribution in [1.82, 2.24) is 8.54 Å². The van der Waals surface area contributed by atoms with Crippen molar-refractivity contribution in [3.8, 4) is 11.8 Å². The molecule has 0 atom stereocenters. The molecule has 0 saturated heterocycles. The maximum absolute atomic E-state index is 12.4. The zero-order valence-corrected chi connectivity index (χ0v) is 13.2. The first-order valence-corrected chi connectivity index (χ1v) is 7.34. The van der Waals surface area contributed by atoms with E-state index in [0.29, 0.717) is 21.6 Å². The van der Waals surface area contributed by atoms with Gasteiger partial charge in [-0.15, -0.1) is 0 Å². The number of nitriles is 1. The summed E-state index contributed by atoms with van der Waals surface area (Å²) in [5, 5.41) is 9.02. The molecule has 0 fully saturated rings. The number of hydrogen-bond donors (Lipinski definition) is 0. The van der Waals surface area contributed by atoms with Crippen molar-refractivity contribution in [3.05, 3.63) is 62.9 Å². The van der Waals surface area contributed by atoms with Crippen LogP contribution in [0.4, 0.5) is 0 Å². The highest BCUT2D eigenvalue weighted by Crippen LogP contribution is 2.38. The van der Waals surface area contributed by atoms with Gasteiger partial charge in [0.2, 0.25) is 0 Å². The van der Waals surface area contributed by atoms with Crippen molar-refractivity contribution < 1.29 is 0 Å². The van der Waals surface area contributed by atoms with E-state index >= 15 is 0 Å². The van der Waals surface area contributed by atoms with E-state index in [1.165, 1.54) is 0 Å². The van der Waals surface area contributed by atoms with Crippen molar-refractivity contribution in [3.63, 3.8) is 0 Å². The number of benzene rings is 1. The van der Waals surface area contributed by atoms with Gasteiger partial charge in [0.1, 0.15) is 11.6 Å². The summed E-state index contributed by atoms with van der Waals surface area (Å²) in [5.74, 6) is 0. The fourth-order valence-electron chi connectivity index (χ4n) is 1.57. The van der Waals surface area contributed by atoms with E-state index < -0.39 is 14.4 Å². The lowest BCUT2D eigenvalue weighted by Crippen LogP contribution is -2.38. The minimum absolute atomic E-state index is 0.236. The van der Waals surface area contributed by atoms with Crippen LogP contribution in [0.1, 0.15) is 5.56 Å². The lowest BCUT2D eigenvalue weighted by atomic mass is 10.3. The summed E-state index contributed by atoms with van der Waals surface area (Å²) in [4.78, 5) is 24.4. The van der Waals surface area contributed by atoms with Gasteiger partial charge in [0.15, 0.2) is 0 Å². The molecule has 21 heavy (non-hydrogen) atoms. The minimum atomic E-state index is -1.91. The standard InChI is InChI=1S/C12H6Cl3N3O2S/c13-12(14,15)21-18-10(19)8(6-16)7-17(11(18)20)9-4-2-1-3-5-9/h1-5,7H. The van der Waals surface area contributed by atoms with Gasteiger partial charge in [-0.3, -0.25) is 9.36 Å². The zero-order valence-electron chi connectivity index (χ0n) is 10.2. The number of halogens is 3. The lowest BCUT2D eigenvalue weighted by molar-refractivity contribution is 0.858. The number of nitrogens with zero attached hydrogens (tertiary/aromatic N) is 3. The SMILES string of the molecule is N#Cc1cn(-c2ccccc2)c(=O)n(SC(Cl)(Cl)Cl)c1=O. The second kappa shape index (κ2) is 6.16. The Morgan fingerprint density at radius 3 is 2.29 bits per heavy atom. The van der Waals surface area contributed by atoms with Gasteiger partial charge in [-0.05, 0) is 12.1 Å². The number of hydrogen-bond acceptors (Lipinski definition) is 4. The van der Waals surface area contributed by atoms with E-state index in [2.05, 4.69) is 0 Å². The topological polar surface area (TPSA) is 67.8 Å². The quantitative estimate of drug-likeness (QED) is 0.770. The number of para-hydroxylation sites is 1. The average molecular weight is 363 g/mol. The molecule has 1 heterocycles. The highest BCUT2D eigenvalue weighted by Gasteiger charge is 2.26. The van der Waals surface area contributed by atoms with E-state index in [1.807, 2.05) is 0 Å². The summed E-state index contributed by atoms with van der Waals surface area (Å²) in [7, 11) is 0. The Balaban J connectivity index is 2.75. The molecule has 1 aromatic heterocycles. The Labute approximate surface area is 138 Å². The van der Waals surface area contributed by atoms with Crippen LogP contribution in [-0.2, 0) is 0 Å². The van der Waals surface area contributed by atoms with Gasteiger partial charge in [0.25, 0.3) is 8.68 Å². The van der Waals surface area contributed by atoms with Gasteiger partial charge in [0.05, 0.1) is 5.69 Å². The van der Waals surface area contributed by atoms with Crippen LogP contribution in [0, 0.1) is 11.3 Å². The summed E-state index contributed by atoms with van der Waals surface area (Å²) in [6.45, 7) is 0. The molecule has 0 amide bonds. The lowest BCUT2D eigenvalue weighted by Gasteiger charge is -2.13. The Morgan fingerprint density at radius 2 is 1.76 bits per heavy atom. The number of aromatic nitrogens is 2. The normalized spacial score (nSPS) is 11.1. The van der Waals surface area contributed by atoms with Crippen LogP contribution in [-0.4, -0.2) is 11.7 Å². The van der Waals surface area contributed by atoms with Gasteiger partial charge in [-0.25, -0.2) is 4.79 Å². The Bertz CT molecular complexity index is 819. The average Bonchev–Trinajstić information content (AvgIpc) is 2.44. The first-order valence-electron chi connectivity index (χ1n) is 5.44. The van der Waals surface area contributed by atoms with Crippen LogP contribution in [0.2, 0.25) is 0 Å². The van der Waals surface area contributed by atoms with Crippen LogP contribution in [0.5, 0.6) is 0 Å². The van der Waals surface area contributed by atoms with Gasteiger partial charge in [0, 0.05) is 18.1 Å². The molecule has 0 aliphatic heterocycles. The second-order valence-corrected chi connectivity index (χ2v) is 7.89. The maximum Gasteiger partial charge on any atom is 0.346 e. The smallest absolute Gasteiger partial charge is 0.267 e. The zero-order chi connectivity index (χ0) is 15.6. The molecule has 0 spiro atoms. The molecule has 2 rings (SSSR count). The maximum atomic E-state index is 12.4. The number of rotatable bonds is 2. The van der Waals surface area contributed by atoms with Crippen LogP contribution in [0.15, 0.2) is 46.1 Å². The van der Waals surface area contributed by atoms with Crippen LogP contribution >= 0.6 is 46.8 Å². The van der Waals surface area contributed by atoms with Crippen molar-refractivity contribution >= 4 is 46.8 Å². The molecule has 1 aromatic carbocycles. The van der Waals surface area contributed by atoms with Gasteiger partial charge in [-0.2, -0.15) is 9.23 Å². The van der Waals surface area contributed by atoms with E-state index in [4.69, 9.17) is 40.1 Å². The van der Waals surface area contributed by atoms with Crippen LogP contribution in [0.25, 0.3) is 5.69 Å². The third-order valence-electron chi connectivity index (χ3n) is 2.40. The molecule has 0 unspecified atom stereocenters. The summed E-state index contributed by atoms with van der Waals surface area (Å²) in [6, 6.07) is 10.2. The molecule has 0 aliphatic carbocycles. The molecule has 0 bridgehead atoms. The number of alkyl halides is 3. The van der Waals surface area contributed by atoms with Gasteiger partial charge < -0.3 is 0 Å². The minimum Gasteiger partial charge on any atom is -0.267 e. The van der Waals surface area contributed by atoms with Crippen molar-refractivity contribution in [1.29, 1.82) is 5.26 Å². The van der Waals surface area contributed by atoms with Crippen molar-refractivity contribution in [2.45, 2.75) is 3.12 Å². The third kappa shape index (κ3) is 3.63. The van der Waals surface area contributed by atoms with Crippen LogP contribution < -0.4 is 11.2 Å². The van der Waals surface area contributed by atoms with Crippen molar-refractivity contribution in [2.75, 3.05) is 0 Å². The second-order valence-electron chi connectivity index (χ2n) is 3.78. The molecule has 108 valence electrons. The fourth-order valence-corrected chi connectivity index (χ4v) is 2.74. The summed E-state index contributed by atoms with van der Waals surface area (Å²) in [6.07, 6.45) is 1.16. The Kier molecular flexibility index (Phi) is 4.69. The first kappa shape index (κ1) is 16.0. The molecule has 0 radical (unpaired) electrons. The molecular formula is C12H6Cl3N3O2S. The monoisotopic (exact) mass is 361 g/mol. The van der Waals surface area contributed by atoms with Gasteiger partial charge >= 0.3 is 5.69 Å². The van der Waals surface area contributed by atoms with E-state index in [1.54, 1.807) is 36.4 Å². The molecule has 0 aliphatic rings. The highest BCUT2D eigenvalue weighted by molar-refractivity contribution is 8.03. The molecular weight excluding hydrogens is 357 g/mol.